The Labute approximate surface area is 153 Å². The first kappa shape index (κ1) is 22.6. The molecule has 10 heteroatoms. The molecular formula is C15H24FO6PS2. The van der Waals surface area contributed by atoms with Crippen molar-refractivity contribution in [1.29, 1.82) is 0 Å². The molecule has 0 spiro atoms. The summed E-state index contributed by atoms with van der Waals surface area (Å²) in [5, 5.41) is 0. The van der Waals surface area contributed by atoms with E-state index in [9.17, 15) is 17.4 Å². The first-order valence-corrected chi connectivity index (χ1v) is 11.9. The number of hydrogen-bond donors (Lipinski definition) is 0. The highest BCUT2D eigenvalue weighted by atomic mass is 32.2. The van der Waals surface area contributed by atoms with E-state index in [0.29, 0.717) is 5.75 Å². The largest absolute Gasteiger partial charge is 0.358 e. The van der Waals surface area contributed by atoms with E-state index < -0.39 is 47.0 Å². The van der Waals surface area contributed by atoms with Gasteiger partial charge in [-0.05, 0) is 45.6 Å². The van der Waals surface area contributed by atoms with Crippen LogP contribution in [0.25, 0.3) is 0 Å². The van der Waals surface area contributed by atoms with Gasteiger partial charge in [0, 0.05) is 4.90 Å². The maximum atomic E-state index is 14.1. The van der Waals surface area contributed by atoms with Gasteiger partial charge >= 0.3 is 17.7 Å². The first-order valence-electron chi connectivity index (χ1n) is 7.77. The van der Waals surface area contributed by atoms with Crippen LogP contribution in [-0.4, -0.2) is 32.7 Å². The van der Waals surface area contributed by atoms with Crippen LogP contribution in [-0.2, 0) is 27.9 Å². The van der Waals surface area contributed by atoms with E-state index in [2.05, 4.69) is 0 Å². The summed E-state index contributed by atoms with van der Waals surface area (Å²) in [7, 11) is -8.30. The minimum Gasteiger partial charge on any atom is -0.304 e. The lowest BCUT2D eigenvalue weighted by molar-refractivity contribution is 0.129. The summed E-state index contributed by atoms with van der Waals surface area (Å²) < 4.78 is 67.0. The molecule has 0 aliphatic rings. The molecule has 25 heavy (non-hydrogen) atoms. The van der Waals surface area contributed by atoms with Crippen molar-refractivity contribution in [2.75, 3.05) is 12.1 Å². The van der Waals surface area contributed by atoms with Crippen LogP contribution in [0.15, 0.2) is 28.0 Å². The summed E-state index contributed by atoms with van der Waals surface area (Å²) in [4.78, 5) is -0.339. The van der Waals surface area contributed by atoms with E-state index in [1.165, 1.54) is 23.9 Å². The Balaban J connectivity index is 3.10. The van der Waals surface area contributed by atoms with Gasteiger partial charge in [0.15, 0.2) is 6.35 Å². The number of halogens is 1. The van der Waals surface area contributed by atoms with Gasteiger partial charge in [0.05, 0.1) is 12.2 Å². The first-order chi connectivity index (χ1) is 11.5. The highest BCUT2D eigenvalue weighted by molar-refractivity contribution is 8.00. The topological polar surface area (TPSA) is 78.9 Å². The SMILES string of the molecule is CCSc1cccc(F)c1S(=O)(=O)OCP(=O)(OC(C)C)OC(C)C. The third kappa shape index (κ3) is 7.00. The summed E-state index contributed by atoms with van der Waals surface area (Å²) in [6, 6.07) is 3.94. The van der Waals surface area contributed by atoms with Gasteiger partial charge in [-0.1, -0.05) is 13.0 Å². The minimum atomic E-state index is -4.48. The smallest absolute Gasteiger partial charge is 0.304 e. The molecule has 0 N–H and O–H groups in total. The highest BCUT2D eigenvalue weighted by Gasteiger charge is 2.33. The third-order valence-corrected chi connectivity index (χ3v) is 7.11. The molecule has 0 aromatic heterocycles. The highest BCUT2D eigenvalue weighted by Crippen LogP contribution is 2.51. The van der Waals surface area contributed by atoms with Crippen molar-refractivity contribution in [3.8, 4) is 0 Å². The zero-order valence-corrected chi connectivity index (χ0v) is 17.4. The Hall–Kier alpha value is -0.440. The molecule has 0 aliphatic heterocycles. The fraction of sp³-hybridized carbons (Fsp3) is 0.600. The zero-order chi connectivity index (χ0) is 19.3. The van der Waals surface area contributed by atoms with E-state index in [4.69, 9.17) is 13.2 Å². The van der Waals surface area contributed by atoms with Gasteiger partial charge in [-0.3, -0.25) is 8.75 Å². The number of hydrogen-bond acceptors (Lipinski definition) is 7. The lowest BCUT2D eigenvalue weighted by Crippen LogP contribution is -2.16. The van der Waals surface area contributed by atoms with Crippen LogP contribution in [0.5, 0.6) is 0 Å². The molecule has 0 atom stereocenters. The average Bonchev–Trinajstić information content (AvgIpc) is 2.44. The van der Waals surface area contributed by atoms with E-state index in [0.717, 1.165) is 6.07 Å². The van der Waals surface area contributed by atoms with Crippen molar-refractivity contribution in [3.63, 3.8) is 0 Å². The molecular weight excluding hydrogens is 390 g/mol. The molecule has 1 rings (SSSR count). The minimum absolute atomic E-state index is 0.229. The van der Waals surface area contributed by atoms with Crippen LogP contribution in [0, 0.1) is 5.82 Å². The molecule has 6 nitrogen and oxygen atoms in total. The van der Waals surface area contributed by atoms with E-state index >= 15 is 0 Å². The maximum absolute atomic E-state index is 14.1. The summed E-state index contributed by atoms with van der Waals surface area (Å²) in [5.74, 6) is -0.375. The normalized spacial score (nSPS) is 13.0. The number of thioether (sulfide) groups is 1. The molecule has 0 aliphatic carbocycles. The maximum Gasteiger partial charge on any atom is 0.358 e. The van der Waals surface area contributed by atoms with Crippen molar-refractivity contribution >= 4 is 29.5 Å². The van der Waals surface area contributed by atoms with Crippen molar-refractivity contribution in [2.45, 2.75) is 56.6 Å². The second-order valence-corrected chi connectivity index (χ2v) is 10.4. The van der Waals surface area contributed by atoms with E-state index in [1.54, 1.807) is 27.7 Å². The molecule has 144 valence electrons. The molecule has 0 saturated carbocycles. The van der Waals surface area contributed by atoms with Gasteiger partial charge in [-0.25, -0.2) is 4.39 Å². The summed E-state index contributed by atoms with van der Waals surface area (Å²) in [6.45, 7) is 8.36. The second-order valence-electron chi connectivity index (χ2n) is 5.62. The third-order valence-electron chi connectivity index (χ3n) is 2.59. The van der Waals surface area contributed by atoms with Crippen LogP contribution in [0.4, 0.5) is 4.39 Å². The number of rotatable bonds is 10. The van der Waals surface area contributed by atoms with Gasteiger partial charge in [-0.15, -0.1) is 11.8 Å². The van der Waals surface area contributed by atoms with E-state index in [-0.39, 0.29) is 4.90 Å². The zero-order valence-electron chi connectivity index (χ0n) is 14.9. The van der Waals surface area contributed by atoms with Crippen molar-refractivity contribution in [1.82, 2.24) is 0 Å². The predicted molar refractivity (Wildman–Crippen MR) is 96.0 cm³/mol. The monoisotopic (exact) mass is 414 g/mol. The quantitative estimate of drug-likeness (QED) is 0.313. The molecule has 0 unspecified atom stereocenters. The Bertz CT molecular complexity index is 707. The lowest BCUT2D eigenvalue weighted by atomic mass is 10.3. The predicted octanol–water partition coefficient (Wildman–Crippen LogP) is 4.64. The Morgan fingerprint density at radius 3 is 2.20 bits per heavy atom. The van der Waals surface area contributed by atoms with Crippen LogP contribution in [0.1, 0.15) is 34.6 Å². The van der Waals surface area contributed by atoms with Gasteiger partial charge < -0.3 is 9.05 Å². The van der Waals surface area contributed by atoms with Crippen LogP contribution in [0.2, 0.25) is 0 Å². The van der Waals surface area contributed by atoms with Crippen molar-refractivity contribution in [3.05, 3.63) is 24.0 Å². The molecule has 0 amide bonds. The molecule has 0 heterocycles. The summed E-state index contributed by atoms with van der Waals surface area (Å²) in [5.41, 5.74) is 0. The fourth-order valence-electron chi connectivity index (χ4n) is 1.92. The number of benzene rings is 1. The Morgan fingerprint density at radius 1 is 1.16 bits per heavy atom. The summed E-state index contributed by atoms with van der Waals surface area (Å²) >= 11 is 1.17. The van der Waals surface area contributed by atoms with Crippen molar-refractivity contribution in [2.24, 2.45) is 0 Å². The molecule has 0 radical (unpaired) electrons. The molecule has 1 aromatic carbocycles. The molecule has 0 fully saturated rings. The van der Waals surface area contributed by atoms with Crippen LogP contribution in [0.3, 0.4) is 0 Å². The molecule has 0 saturated heterocycles. The molecule has 0 bridgehead atoms. The average molecular weight is 414 g/mol. The van der Waals surface area contributed by atoms with Crippen molar-refractivity contribution < 1.29 is 30.6 Å². The van der Waals surface area contributed by atoms with Gasteiger partial charge in [0.1, 0.15) is 10.7 Å². The molecule has 1 aromatic rings. The Morgan fingerprint density at radius 2 is 1.72 bits per heavy atom. The second kappa shape index (κ2) is 9.48. The van der Waals surface area contributed by atoms with Gasteiger partial charge in [-0.2, -0.15) is 8.42 Å². The Kier molecular flexibility index (Phi) is 8.57. The van der Waals surface area contributed by atoms with E-state index in [1.807, 2.05) is 6.92 Å². The van der Waals surface area contributed by atoms with Crippen LogP contribution < -0.4 is 0 Å². The summed E-state index contributed by atoms with van der Waals surface area (Å²) in [6.07, 6.45) is -1.75. The lowest BCUT2D eigenvalue weighted by Gasteiger charge is -2.22. The van der Waals surface area contributed by atoms with Crippen LogP contribution >= 0.6 is 19.4 Å². The van der Waals surface area contributed by atoms with Gasteiger partial charge in [0.25, 0.3) is 0 Å². The fourth-order valence-corrected chi connectivity index (χ4v) is 6.39. The van der Waals surface area contributed by atoms with Gasteiger partial charge in [0.2, 0.25) is 0 Å². The standard InChI is InChI=1S/C15H24FO6PS2/c1-6-24-14-9-7-8-13(16)15(14)25(18,19)20-10-23(17,21-11(2)3)22-12(4)5/h7-9,11-12H,6,10H2,1-5H3.